The first kappa shape index (κ1) is 15.9. The second-order valence-electron chi connectivity index (χ2n) is 5.05. The van der Waals surface area contributed by atoms with Gasteiger partial charge in [-0.2, -0.15) is 5.26 Å². The third-order valence-corrected chi connectivity index (χ3v) is 3.28. The van der Waals surface area contributed by atoms with E-state index in [9.17, 15) is 0 Å². The first-order valence-electron chi connectivity index (χ1n) is 7.47. The Bertz CT molecular complexity index is 617. The Kier molecular flexibility index (Phi) is 6.28. The molecule has 0 fully saturated rings. The van der Waals surface area contributed by atoms with Gasteiger partial charge in [0, 0.05) is 12.2 Å². The number of nitriles is 1. The summed E-state index contributed by atoms with van der Waals surface area (Å²) in [7, 11) is 0. The zero-order valence-electron chi connectivity index (χ0n) is 12.6. The molecule has 0 aliphatic rings. The highest BCUT2D eigenvalue weighted by molar-refractivity contribution is 5.46. The molecule has 0 amide bonds. The van der Waals surface area contributed by atoms with E-state index in [0.717, 1.165) is 42.9 Å². The van der Waals surface area contributed by atoms with Gasteiger partial charge in [-0.05, 0) is 61.3 Å². The molecule has 0 radical (unpaired) electrons. The fourth-order valence-corrected chi connectivity index (χ4v) is 2.07. The zero-order chi connectivity index (χ0) is 15.6. The number of nitrogens with zero attached hydrogens (tertiary/aromatic N) is 1. The topological polar surface area (TPSA) is 71.1 Å². The third kappa shape index (κ3) is 5.12. The van der Waals surface area contributed by atoms with Crippen molar-refractivity contribution in [1.29, 1.82) is 5.26 Å². The molecule has 114 valence electrons. The van der Waals surface area contributed by atoms with Crippen molar-refractivity contribution in [3.8, 4) is 11.8 Å². The van der Waals surface area contributed by atoms with E-state index in [4.69, 9.17) is 15.7 Å². The van der Waals surface area contributed by atoms with Crippen LogP contribution < -0.4 is 15.8 Å². The molecule has 2 aromatic rings. The molecule has 0 aliphatic carbocycles. The highest BCUT2D eigenvalue weighted by Crippen LogP contribution is 2.17. The first-order valence-corrected chi connectivity index (χ1v) is 7.47. The van der Waals surface area contributed by atoms with Crippen molar-refractivity contribution < 1.29 is 4.74 Å². The lowest BCUT2D eigenvalue weighted by atomic mass is 10.1. The summed E-state index contributed by atoms with van der Waals surface area (Å²) in [5, 5.41) is 12.2. The second-order valence-corrected chi connectivity index (χ2v) is 5.05. The third-order valence-electron chi connectivity index (χ3n) is 3.28. The first-order chi connectivity index (χ1) is 10.8. The molecular weight excluding hydrogens is 274 g/mol. The van der Waals surface area contributed by atoms with Crippen LogP contribution in [-0.4, -0.2) is 13.1 Å². The summed E-state index contributed by atoms with van der Waals surface area (Å²) in [6.07, 6.45) is 2.11. The SMILES string of the molecule is N#Cc1cccc(COc2ccc(NCCCCN)cc2)c1. The van der Waals surface area contributed by atoms with Gasteiger partial charge in [-0.1, -0.05) is 12.1 Å². The molecule has 0 saturated carbocycles. The fourth-order valence-electron chi connectivity index (χ4n) is 2.07. The van der Waals surface area contributed by atoms with E-state index in [1.807, 2.05) is 42.5 Å². The lowest BCUT2D eigenvalue weighted by Gasteiger charge is -2.09. The predicted molar refractivity (Wildman–Crippen MR) is 88.7 cm³/mol. The predicted octanol–water partition coefficient (Wildman–Crippen LogP) is 3.29. The molecule has 0 bridgehead atoms. The number of rotatable bonds is 8. The molecule has 3 N–H and O–H groups in total. The number of unbranched alkanes of at least 4 members (excludes halogenated alkanes) is 1. The number of nitrogens with one attached hydrogen (secondary N) is 1. The minimum atomic E-state index is 0.457. The largest absolute Gasteiger partial charge is 0.489 e. The van der Waals surface area contributed by atoms with Crippen LogP contribution in [0.2, 0.25) is 0 Å². The van der Waals surface area contributed by atoms with Gasteiger partial charge < -0.3 is 15.8 Å². The van der Waals surface area contributed by atoms with Crippen molar-refractivity contribution in [3.63, 3.8) is 0 Å². The molecule has 0 atom stereocenters. The Morgan fingerprint density at radius 1 is 1.09 bits per heavy atom. The number of anilines is 1. The van der Waals surface area contributed by atoms with Crippen molar-refractivity contribution in [2.24, 2.45) is 5.73 Å². The molecule has 22 heavy (non-hydrogen) atoms. The van der Waals surface area contributed by atoms with Crippen LogP contribution in [-0.2, 0) is 6.61 Å². The van der Waals surface area contributed by atoms with E-state index >= 15 is 0 Å². The number of hydrogen-bond donors (Lipinski definition) is 2. The van der Waals surface area contributed by atoms with Gasteiger partial charge in [-0.25, -0.2) is 0 Å². The van der Waals surface area contributed by atoms with E-state index in [0.29, 0.717) is 12.2 Å². The molecule has 0 unspecified atom stereocenters. The maximum absolute atomic E-state index is 8.88. The summed E-state index contributed by atoms with van der Waals surface area (Å²) >= 11 is 0. The Labute approximate surface area is 131 Å². The molecule has 4 nitrogen and oxygen atoms in total. The minimum Gasteiger partial charge on any atom is -0.489 e. The molecular formula is C18H21N3O. The molecule has 2 rings (SSSR count). The van der Waals surface area contributed by atoms with Crippen molar-refractivity contribution in [2.45, 2.75) is 19.4 Å². The fraction of sp³-hybridized carbons (Fsp3) is 0.278. The maximum Gasteiger partial charge on any atom is 0.119 e. The lowest BCUT2D eigenvalue weighted by Crippen LogP contribution is -2.05. The monoisotopic (exact) mass is 295 g/mol. The number of hydrogen-bond acceptors (Lipinski definition) is 4. The quantitative estimate of drug-likeness (QED) is 0.733. The zero-order valence-corrected chi connectivity index (χ0v) is 12.6. The van der Waals surface area contributed by atoms with Gasteiger partial charge in [0.1, 0.15) is 12.4 Å². The van der Waals surface area contributed by atoms with E-state index in [1.54, 1.807) is 6.07 Å². The van der Waals surface area contributed by atoms with Gasteiger partial charge in [0.2, 0.25) is 0 Å². The summed E-state index contributed by atoms with van der Waals surface area (Å²) in [5.41, 5.74) is 8.18. The molecule has 0 aliphatic heterocycles. The second kappa shape index (κ2) is 8.71. The van der Waals surface area contributed by atoms with Crippen LogP contribution >= 0.6 is 0 Å². The summed E-state index contributed by atoms with van der Waals surface area (Å²) in [6.45, 7) is 2.12. The maximum atomic E-state index is 8.88. The molecule has 0 saturated heterocycles. The summed E-state index contributed by atoms with van der Waals surface area (Å²) < 4.78 is 5.74. The van der Waals surface area contributed by atoms with Crippen LogP contribution in [0.15, 0.2) is 48.5 Å². The smallest absolute Gasteiger partial charge is 0.119 e. The average molecular weight is 295 g/mol. The molecule has 0 spiro atoms. The highest BCUT2D eigenvalue weighted by atomic mass is 16.5. The normalized spacial score (nSPS) is 10.0. The molecule has 0 heterocycles. The van der Waals surface area contributed by atoms with Crippen molar-refractivity contribution in [2.75, 3.05) is 18.4 Å². The average Bonchev–Trinajstić information content (AvgIpc) is 2.58. The van der Waals surface area contributed by atoms with Gasteiger partial charge in [-0.3, -0.25) is 0 Å². The van der Waals surface area contributed by atoms with Gasteiger partial charge >= 0.3 is 0 Å². The molecule has 2 aromatic carbocycles. The molecule has 4 heteroatoms. The van der Waals surface area contributed by atoms with Crippen LogP contribution in [0.4, 0.5) is 5.69 Å². The van der Waals surface area contributed by atoms with Crippen LogP contribution in [0.3, 0.4) is 0 Å². The van der Waals surface area contributed by atoms with E-state index in [1.165, 1.54) is 0 Å². The van der Waals surface area contributed by atoms with Gasteiger partial charge in [0.15, 0.2) is 0 Å². The molecule has 0 aromatic heterocycles. The minimum absolute atomic E-state index is 0.457. The van der Waals surface area contributed by atoms with Gasteiger partial charge in [0.05, 0.1) is 11.6 Å². The van der Waals surface area contributed by atoms with Gasteiger partial charge in [-0.15, -0.1) is 0 Å². The van der Waals surface area contributed by atoms with Crippen molar-refractivity contribution in [3.05, 3.63) is 59.7 Å². The summed E-state index contributed by atoms with van der Waals surface area (Å²) in [4.78, 5) is 0. The summed E-state index contributed by atoms with van der Waals surface area (Å²) in [5.74, 6) is 0.815. The number of ether oxygens (including phenoxy) is 1. The van der Waals surface area contributed by atoms with Crippen LogP contribution in [0.5, 0.6) is 5.75 Å². The van der Waals surface area contributed by atoms with Crippen LogP contribution in [0.25, 0.3) is 0 Å². The Hall–Kier alpha value is -2.51. The van der Waals surface area contributed by atoms with E-state index < -0.39 is 0 Å². The summed E-state index contributed by atoms with van der Waals surface area (Å²) in [6, 6.07) is 17.5. The van der Waals surface area contributed by atoms with Crippen molar-refractivity contribution in [1.82, 2.24) is 0 Å². The van der Waals surface area contributed by atoms with Crippen LogP contribution in [0.1, 0.15) is 24.0 Å². The number of benzene rings is 2. The van der Waals surface area contributed by atoms with Gasteiger partial charge in [0.25, 0.3) is 0 Å². The Balaban J connectivity index is 1.82. The van der Waals surface area contributed by atoms with Crippen molar-refractivity contribution >= 4 is 5.69 Å². The standard InChI is InChI=1S/C18H21N3O/c19-10-1-2-11-21-17-6-8-18(9-7-17)22-14-16-5-3-4-15(12-16)13-20/h3-9,12,21H,1-2,10-11,14,19H2. The highest BCUT2D eigenvalue weighted by Gasteiger charge is 1.98. The Morgan fingerprint density at radius 3 is 2.64 bits per heavy atom. The Morgan fingerprint density at radius 2 is 1.91 bits per heavy atom. The van der Waals surface area contributed by atoms with Crippen LogP contribution in [0, 0.1) is 11.3 Å². The van der Waals surface area contributed by atoms with E-state index in [2.05, 4.69) is 11.4 Å². The van der Waals surface area contributed by atoms with E-state index in [-0.39, 0.29) is 0 Å². The number of nitrogens with two attached hydrogens (primary N) is 1. The lowest BCUT2D eigenvalue weighted by molar-refractivity contribution is 0.306.